The van der Waals surface area contributed by atoms with Crippen LogP contribution in [0, 0.1) is 11.6 Å². The van der Waals surface area contributed by atoms with Crippen LogP contribution in [0.1, 0.15) is 0 Å². The summed E-state index contributed by atoms with van der Waals surface area (Å²) in [6.45, 7) is 0. The molecule has 2 heterocycles. The van der Waals surface area contributed by atoms with Gasteiger partial charge in [-0.25, -0.2) is 8.78 Å². The molecule has 0 spiro atoms. The normalized spacial score (nSPS) is 10.9. The highest BCUT2D eigenvalue weighted by molar-refractivity contribution is 5.72. The van der Waals surface area contributed by atoms with Crippen molar-refractivity contribution in [2.45, 2.75) is 0 Å². The van der Waals surface area contributed by atoms with E-state index in [4.69, 9.17) is 5.73 Å². The first-order valence-electron chi connectivity index (χ1n) is 5.59. The van der Waals surface area contributed by atoms with E-state index in [-0.39, 0.29) is 17.1 Å². The molecule has 7 nitrogen and oxygen atoms in total. The predicted octanol–water partition coefficient (Wildman–Crippen LogP) is 0.923. The van der Waals surface area contributed by atoms with Gasteiger partial charge in [0.1, 0.15) is 0 Å². The SMILES string of the molecule is Cn1ccc(-n2nnnc2-c2cc(F)c(F)cc2N)n1. The predicted molar refractivity (Wildman–Crippen MR) is 65.7 cm³/mol. The van der Waals surface area contributed by atoms with Crippen molar-refractivity contribution in [3.05, 3.63) is 36.0 Å². The quantitative estimate of drug-likeness (QED) is 0.704. The Bertz CT molecular complexity index is 777. The van der Waals surface area contributed by atoms with E-state index in [2.05, 4.69) is 20.6 Å². The van der Waals surface area contributed by atoms with Crippen molar-refractivity contribution in [3.8, 4) is 17.2 Å². The maximum Gasteiger partial charge on any atom is 0.191 e. The van der Waals surface area contributed by atoms with Gasteiger partial charge in [-0.15, -0.1) is 5.10 Å². The van der Waals surface area contributed by atoms with E-state index in [0.717, 1.165) is 12.1 Å². The van der Waals surface area contributed by atoms with Crippen molar-refractivity contribution in [3.63, 3.8) is 0 Å². The molecule has 3 rings (SSSR count). The van der Waals surface area contributed by atoms with Gasteiger partial charge in [0.25, 0.3) is 0 Å². The van der Waals surface area contributed by atoms with Crippen LogP contribution in [-0.2, 0) is 7.05 Å². The summed E-state index contributed by atoms with van der Waals surface area (Å²) in [5.41, 5.74) is 5.92. The van der Waals surface area contributed by atoms with E-state index in [1.165, 1.54) is 4.68 Å². The highest BCUT2D eigenvalue weighted by Crippen LogP contribution is 2.27. The fraction of sp³-hybridized carbons (Fsp3) is 0.0909. The van der Waals surface area contributed by atoms with E-state index in [1.54, 1.807) is 24.0 Å². The second kappa shape index (κ2) is 4.37. The molecule has 1 aromatic carbocycles. The van der Waals surface area contributed by atoms with Gasteiger partial charge in [-0.1, -0.05) is 0 Å². The maximum absolute atomic E-state index is 13.4. The molecule has 2 N–H and O–H groups in total. The second-order valence-electron chi connectivity index (χ2n) is 4.12. The van der Waals surface area contributed by atoms with Crippen LogP contribution in [0.25, 0.3) is 17.2 Å². The van der Waals surface area contributed by atoms with Gasteiger partial charge in [0.15, 0.2) is 23.3 Å². The Kier molecular flexibility index (Phi) is 2.67. The summed E-state index contributed by atoms with van der Waals surface area (Å²) in [7, 11) is 1.74. The molecule has 0 atom stereocenters. The standard InChI is InChI=1S/C11H9F2N7/c1-19-3-2-10(16-19)20-11(15-17-18-20)6-4-7(12)8(13)5-9(6)14/h2-5H,14H2,1H3. The monoisotopic (exact) mass is 277 g/mol. The molecule has 0 aliphatic heterocycles. The third kappa shape index (κ3) is 1.88. The molecule has 0 saturated heterocycles. The van der Waals surface area contributed by atoms with E-state index >= 15 is 0 Å². The summed E-state index contributed by atoms with van der Waals surface area (Å²) in [6, 6.07) is 3.52. The number of nitrogens with zero attached hydrogens (tertiary/aromatic N) is 6. The second-order valence-corrected chi connectivity index (χ2v) is 4.12. The van der Waals surface area contributed by atoms with Crippen molar-refractivity contribution in [1.29, 1.82) is 0 Å². The molecule has 0 amide bonds. The maximum atomic E-state index is 13.4. The lowest BCUT2D eigenvalue weighted by Gasteiger charge is -2.05. The Morgan fingerprint density at radius 3 is 2.65 bits per heavy atom. The summed E-state index contributed by atoms with van der Waals surface area (Å²) in [5.74, 6) is -1.43. The number of nitrogen functional groups attached to an aromatic ring is 1. The molecule has 20 heavy (non-hydrogen) atoms. The van der Waals surface area contributed by atoms with Gasteiger partial charge in [-0.2, -0.15) is 9.78 Å². The largest absolute Gasteiger partial charge is 0.398 e. The Morgan fingerprint density at radius 1 is 1.20 bits per heavy atom. The van der Waals surface area contributed by atoms with Crippen LogP contribution in [0.3, 0.4) is 0 Å². The fourth-order valence-corrected chi connectivity index (χ4v) is 1.78. The molecule has 0 fully saturated rings. The Morgan fingerprint density at radius 2 is 1.95 bits per heavy atom. The summed E-state index contributed by atoms with van der Waals surface area (Å²) in [6.07, 6.45) is 1.70. The van der Waals surface area contributed by atoms with Crippen LogP contribution >= 0.6 is 0 Å². The van der Waals surface area contributed by atoms with Crippen molar-refractivity contribution < 1.29 is 8.78 Å². The molecule has 9 heteroatoms. The summed E-state index contributed by atoms with van der Waals surface area (Å²) in [4.78, 5) is 0. The average molecular weight is 277 g/mol. The zero-order valence-electron chi connectivity index (χ0n) is 10.3. The molecule has 3 aromatic rings. The third-order valence-corrected chi connectivity index (χ3v) is 2.72. The molecule has 0 bridgehead atoms. The van der Waals surface area contributed by atoms with Gasteiger partial charge in [-0.05, 0) is 16.5 Å². The lowest BCUT2D eigenvalue weighted by Crippen LogP contribution is -2.04. The number of nitrogens with two attached hydrogens (primary N) is 1. The first-order chi connectivity index (χ1) is 9.56. The van der Waals surface area contributed by atoms with E-state index in [1.807, 2.05) is 0 Å². The van der Waals surface area contributed by atoms with E-state index in [0.29, 0.717) is 5.82 Å². The first-order valence-corrected chi connectivity index (χ1v) is 5.59. The molecule has 0 unspecified atom stereocenters. The minimum Gasteiger partial charge on any atom is -0.398 e. The van der Waals surface area contributed by atoms with Crippen molar-refractivity contribution >= 4 is 5.69 Å². The molecule has 0 aliphatic carbocycles. The van der Waals surface area contributed by atoms with Crippen LogP contribution in [0.15, 0.2) is 24.4 Å². The molecule has 0 aliphatic rings. The Hall–Kier alpha value is -2.84. The number of anilines is 1. The molecular weight excluding hydrogens is 268 g/mol. The number of benzene rings is 1. The van der Waals surface area contributed by atoms with Crippen molar-refractivity contribution in [1.82, 2.24) is 30.0 Å². The molecule has 0 radical (unpaired) electrons. The summed E-state index contributed by atoms with van der Waals surface area (Å²) >= 11 is 0. The van der Waals surface area contributed by atoms with Gasteiger partial charge in [0.2, 0.25) is 0 Å². The first kappa shape index (κ1) is 12.2. The minimum absolute atomic E-state index is 0.0379. The molecule has 102 valence electrons. The van der Waals surface area contributed by atoms with Crippen LogP contribution in [0.5, 0.6) is 0 Å². The average Bonchev–Trinajstić information content (AvgIpc) is 3.02. The lowest BCUT2D eigenvalue weighted by atomic mass is 10.1. The van der Waals surface area contributed by atoms with Gasteiger partial charge < -0.3 is 5.73 Å². The number of hydrogen-bond donors (Lipinski definition) is 1. The van der Waals surface area contributed by atoms with Gasteiger partial charge in [-0.3, -0.25) is 4.68 Å². The van der Waals surface area contributed by atoms with Crippen LogP contribution in [0.2, 0.25) is 0 Å². The lowest BCUT2D eigenvalue weighted by molar-refractivity contribution is 0.509. The molecular formula is C11H9F2N7. The summed E-state index contributed by atoms with van der Waals surface area (Å²) in [5, 5.41) is 15.2. The highest BCUT2D eigenvalue weighted by atomic mass is 19.2. The summed E-state index contributed by atoms with van der Waals surface area (Å²) < 4.78 is 29.3. The number of tetrazole rings is 1. The third-order valence-electron chi connectivity index (χ3n) is 2.72. The number of halogens is 2. The van der Waals surface area contributed by atoms with Crippen LogP contribution < -0.4 is 5.73 Å². The Balaban J connectivity index is 2.17. The van der Waals surface area contributed by atoms with Crippen molar-refractivity contribution in [2.75, 3.05) is 5.73 Å². The van der Waals surface area contributed by atoms with Crippen LogP contribution in [0.4, 0.5) is 14.5 Å². The smallest absolute Gasteiger partial charge is 0.191 e. The van der Waals surface area contributed by atoms with Gasteiger partial charge in [0.05, 0.1) is 0 Å². The Labute approximate surface area is 111 Å². The minimum atomic E-state index is -1.02. The van der Waals surface area contributed by atoms with Crippen molar-refractivity contribution in [2.24, 2.45) is 7.05 Å². The number of aryl methyl sites for hydroxylation is 1. The van der Waals surface area contributed by atoms with Gasteiger partial charge >= 0.3 is 0 Å². The molecule has 0 saturated carbocycles. The number of hydrogen-bond acceptors (Lipinski definition) is 5. The topological polar surface area (TPSA) is 87.4 Å². The van der Waals surface area contributed by atoms with E-state index < -0.39 is 11.6 Å². The van der Waals surface area contributed by atoms with Gasteiger partial charge in [0, 0.05) is 36.6 Å². The fourth-order valence-electron chi connectivity index (χ4n) is 1.78. The van der Waals surface area contributed by atoms with E-state index in [9.17, 15) is 8.78 Å². The molecule has 2 aromatic heterocycles. The number of aromatic nitrogens is 6. The van der Waals surface area contributed by atoms with Crippen LogP contribution in [-0.4, -0.2) is 30.0 Å². The zero-order chi connectivity index (χ0) is 14.3. The highest BCUT2D eigenvalue weighted by Gasteiger charge is 2.17. The number of rotatable bonds is 2. The zero-order valence-corrected chi connectivity index (χ0v) is 10.3.